The second kappa shape index (κ2) is 8.27. The number of hydrogen-bond donors (Lipinski definition) is 1. The lowest BCUT2D eigenvalue weighted by molar-refractivity contribution is -0.121. The van der Waals surface area contributed by atoms with E-state index in [1.165, 1.54) is 4.88 Å². The van der Waals surface area contributed by atoms with Gasteiger partial charge in [0, 0.05) is 33.2 Å². The second-order valence-electron chi connectivity index (χ2n) is 5.52. The summed E-state index contributed by atoms with van der Waals surface area (Å²) in [6.45, 7) is 2.68. The summed E-state index contributed by atoms with van der Waals surface area (Å²) in [6, 6.07) is 11.4. The first-order valence-electron chi connectivity index (χ1n) is 8.07. The van der Waals surface area contributed by atoms with E-state index >= 15 is 0 Å². The van der Waals surface area contributed by atoms with Crippen molar-refractivity contribution >= 4 is 28.8 Å². The van der Waals surface area contributed by atoms with Gasteiger partial charge in [-0.2, -0.15) is 4.98 Å². The fourth-order valence-corrected chi connectivity index (χ4v) is 3.30. The van der Waals surface area contributed by atoms with Crippen LogP contribution >= 0.6 is 22.9 Å². The molecule has 2 heterocycles. The zero-order valence-electron chi connectivity index (χ0n) is 13.8. The summed E-state index contributed by atoms with van der Waals surface area (Å²) in [5.41, 5.74) is 0.827. The maximum absolute atomic E-state index is 12.0. The van der Waals surface area contributed by atoms with Crippen LogP contribution in [-0.4, -0.2) is 16.0 Å². The van der Waals surface area contributed by atoms with Gasteiger partial charge in [0.1, 0.15) is 0 Å². The van der Waals surface area contributed by atoms with Crippen molar-refractivity contribution in [3.8, 4) is 11.4 Å². The van der Waals surface area contributed by atoms with Gasteiger partial charge in [-0.25, -0.2) is 0 Å². The number of nitrogens with one attached hydrogen (secondary N) is 1. The predicted octanol–water partition coefficient (Wildman–Crippen LogP) is 4.26. The van der Waals surface area contributed by atoms with Crippen molar-refractivity contribution in [1.29, 1.82) is 0 Å². The Balaban J connectivity index is 1.48. The summed E-state index contributed by atoms with van der Waals surface area (Å²) in [4.78, 5) is 18.8. The third-order valence-electron chi connectivity index (χ3n) is 3.66. The van der Waals surface area contributed by atoms with Crippen molar-refractivity contribution in [2.24, 2.45) is 0 Å². The summed E-state index contributed by atoms with van der Waals surface area (Å²) in [5, 5.41) is 7.51. The van der Waals surface area contributed by atoms with Gasteiger partial charge in [0.2, 0.25) is 17.6 Å². The number of benzene rings is 1. The Morgan fingerprint density at radius 1 is 1.20 bits per heavy atom. The van der Waals surface area contributed by atoms with Crippen LogP contribution in [0.2, 0.25) is 5.02 Å². The minimum Gasteiger partial charge on any atom is -0.351 e. The van der Waals surface area contributed by atoms with Crippen LogP contribution in [-0.2, 0) is 24.2 Å². The predicted molar refractivity (Wildman–Crippen MR) is 98.6 cm³/mol. The van der Waals surface area contributed by atoms with E-state index < -0.39 is 0 Å². The standard InChI is InChI=1S/C18H18ClN3O2S/c1-2-14-7-8-15(25-14)11-20-16(23)9-10-17-21-18(22-24-17)12-3-5-13(19)6-4-12/h3-8H,2,9-11H2,1H3,(H,20,23). The number of rotatable bonds is 7. The quantitative estimate of drug-likeness (QED) is 0.669. The van der Waals surface area contributed by atoms with Gasteiger partial charge in [-0.05, 0) is 42.8 Å². The van der Waals surface area contributed by atoms with E-state index in [0.29, 0.717) is 36.1 Å². The number of aryl methyl sites for hydroxylation is 2. The minimum atomic E-state index is -0.0299. The van der Waals surface area contributed by atoms with Gasteiger partial charge in [-0.1, -0.05) is 23.7 Å². The smallest absolute Gasteiger partial charge is 0.227 e. The third kappa shape index (κ3) is 4.90. The largest absolute Gasteiger partial charge is 0.351 e. The number of hydrogen-bond acceptors (Lipinski definition) is 5. The number of carbonyl (C=O) groups is 1. The molecule has 0 spiro atoms. The van der Waals surface area contributed by atoms with Crippen molar-refractivity contribution in [3.63, 3.8) is 0 Å². The Labute approximate surface area is 155 Å². The molecule has 1 amide bonds. The molecule has 130 valence electrons. The van der Waals surface area contributed by atoms with E-state index in [4.69, 9.17) is 16.1 Å². The zero-order valence-corrected chi connectivity index (χ0v) is 15.4. The summed E-state index contributed by atoms with van der Waals surface area (Å²) in [6.07, 6.45) is 1.75. The molecule has 7 heteroatoms. The van der Waals surface area contributed by atoms with Crippen LogP contribution in [0.4, 0.5) is 0 Å². The maximum Gasteiger partial charge on any atom is 0.227 e. The van der Waals surface area contributed by atoms with E-state index in [-0.39, 0.29) is 5.91 Å². The third-order valence-corrected chi connectivity index (χ3v) is 5.14. The average Bonchev–Trinajstić information content (AvgIpc) is 3.28. The molecule has 0 bridgehead atoms. The first-order valence-corrected chi connectivity index (χ1v) is 9.26. The molecule has 0 unspecified atom stereocenters. The Hall–Kier alpha value is -2.18. The molecule has 0 atom stereocenters. The fourth-order valence-electron chi connectivity index (χ4n) is 2.27. The highest BCUT2D eigenvalue weighted by Crippen LogP contribution is 2.19. The number of halogens is 1. The first-order chi connectivity index (χ1) is 12.1. The average molecular weight is 376 g/mol. The highest BCUT2D eigenvalue weighted by Gasteiger charge is 2.11. The lowest BCUT2D eigenvalue weighted by Crippen LogP contribution is -2.22. The number of aromatic nitrogens is 2. The Kier molecular flexibility index (Phi) is 5.83. The van der Waals surface area contributed by atoms with Crippen LogP contribution in [0.1, 0.15) is 29.0 Å². The SMILES string of the molecule is CCc1ccc(CNC(=O)CCc2nc(-c3ccc(Cl)cc3)no2)s1. The van der Waals surface area contributed by atoms with Crippen molar-refractivity contribution in [2.45, 2.75) is 32.7 Å². The lowest BCUT2D eigenvalue weighted by atomic mass is 10.2. The molecule has 0 aliphatic rings. The van der Waals surface area contributed by atoms with Crippen LogP contribution in [0.3, 0.4) is 0 Å². The molecule has 5 nitrogen and oxygen atoms in total. The number of amides is 1. The van der Waals surface area contributed by atoms with E-state index in [1.807, 2.05) is 12.1 Å². The highest BCUT2D eigenvalue weighted by atomic mass is 35.5. The molecular weight excluding hydrogens is 358 g/mol. The molecule has 0 saturated carbocycles. The molecule has 2 aromatic heterocycles. The van der Waals surface area contributed by atoms with Crippen molar-refractivity contribution in [1.82, 2.24) is 15.5 Å². The van der Waals surface area contributed by atoms with Crippen LogP contribution < -0.4 is 5.32 Å². The molecular formula is C18H18ClN3O2S. The normalized spacial score (nSPS) is 10.8. The molecule has 1 N–H and O–H groups in total. The zero-order chi connectivity index (χ0) is 17.6. The first kappa shape index (κ1) is 17.6. The van der Waals surface area contributed by atoms with E-state index in [1.54, 1.807) is 23.5 Å². The molecule has 25 heavy (non-hydrogen) atoms. The van der Waals surface area contributed by atoms with Gasteiger partial charge < -0.3 is 9.84 Å². The molecule has 0 saturated heterocycles. The van der Waals surface area contributed by atoms with Crippen LogP contribution in [0.15, 0.2) is 40.9 Å². The van der Waals surface area contributed by atoms with Crippen LogP contribution in [0, 0.1) is 0 Å². The Morgan fingerprint density at radius 2 is 1.96 bits per heavy atom. The van der Waals surface area contributed by atoms with Gasteiger partial charge in [-0.15, -0.1) is 11.3 Å². The second-order valence-corrected chi connectivity index (χ2v) is 7.21. The molecule has 0 fully saturated rings. The number of nitrogens with zero attached hydrogens (tertiary/aromatic N) is 2. The van der Waals surface area contributed by atoms with Gasteiger partial charge >= 0.3 is 0 Å². The van der Waals surface area contributed by atoms with Gasteiger partial charge in [0.05, 0.1) is 6.54 Å². The topological polar surface area (TPSA) is 68.0 Å². The molecule has 3 aromatic rings. The Bertz CT molecular complexity index is 842. The van der Waals surface area contributed by atoms with Crippen LogP contribution in [0.25, 0.3) is 11.4 Å². The monoisotopic (exact) mass is 375 g/mol. The maximum atomic E-state index is 12.0. The summed E-state index contributed by atoms with van der Waals surface area (Å²) in [5.74, 6) is 0.917. The molecule has 3 rings (SSSR count). The molecule has 0 aliphatic heterocycles. The van der Waals surface area contributed by atoms with Gasteiger partial charge in [-0.3, -0.25) is 4.79 Å². The van der Waals surface area contributed by atoms with Crippen molar-refractivity contribution in [3.05, 3.63) is 57.1 Å². The van der Waals surface area contributed by atoms with Crippen molar-refractivity contribution in [2.75, 3.05) is 0 Å². The molecule has 1 aromatic carbocycles. The number of thiophene rings is 1. The fraction of sp³-hybridized carbons (Fsp3) is 0.278. The van der Waals surface area contributed by atoms with E-state index in [0.717, 1.165) is 16.9 Å². The Morgan fingerprint density at radius 3 is 2.68 bits per heavy atom. The van der Waals surface area contributed by atoms with Gasteiger partial charge in [0.25, 0.3) is 0 Å². The lowest BCUT2D eigenvalue weighted by Gasteiger charge is -2.01. The summed E-state index contributed by atoms with van der Waals surface area (Å²) < 4.78 is 5.21. The van der Waals surface area contributed by atoms with E-state index in [2.05, 4.69) is 34.5 Å². The van der Waals surface area contributed by atoms with Crippen molar-refractivity contribution < 1.29 is 9.32 Å². The number of carbonyl (C=O) groups excluding carboxylic acids is 1. The van der Waals surface area contributed by atoms with E-state index in [9.17, 15) is 4.79 Å². The minimum absolute atomic E-state index is 0.0299. The van der Waals surface area contributed by atoms with Crippen LogP contribution in [0.5, 0.6) is 0 Å². The summed E-state index contributed by atoms with van der Waals surface area (Å²) in [7, 11) is 0. The molecule has 0 aliphatic carbocycles. The highest BCUT2D eigenvalue weighted by molar-refractivity contribution is 7.11. The van der Waals surface area contributed by atoms with Gasteiger partial charge in [0.15, 0.2) is 0 Å². The summed E-state index contributed by atoms with van der Waals surface area (Å²) >= 11 is 7.59. The molecule has 0 radical (unpaired) electrons.